The summed E-state index contributed by atoms with van der Waals surface area (Å²) in [6.07, 6.45) is 0.105. The predicted octanol–water partition coefficient (Wildman–Crippen LogP) is 5.06. The molecule has 0 bridgehead atoms. The lowest BCUT2D eigenvalue weighted by atomic mass is 10.5. The molecule has 0 fully saturated rings. The van der Waals surface area contributed by atoms with E-state index in [4.69, 9.17) is 5.11 Å². The molecular weight excluding hydrogens is 828 g/mol. The lowest BCUT2D eigenvalue weighted by Crippen LogP contribution is -2.05. The number of hydrogen-bond acceptors (Lipinski definition) is 21. The van der Waals surface area contributed by atoms with Crippen LogP contribution < -0.4 is 0 Å². The van der Waals surface area contributed by atoms with Gasteiger partial charge >= 0.3 is 59.7 Å². The van der Waals surface area contributed by atoms with Crippen LogP contribution in [-0.4, -0.2) is 137 Å². The smallest absolute Gasteiger partial charge is 0.308 e. The Bertz CT molecular complexity index is 824. The van der Waals surface area contributed by atoms with E-state index in [1.165, 1.54) is 62.3 Å². The summed E-state index contributed by atoms with van der Waals surface area (Å²) in [4.78, 5) is 98.7. The third-order valence-electron chi connectivity index (χ3n) is 3.75. The largest absolute Gasteiger partial charge is 0.466 e. The number of esters is 10. The minimum atomic E-state index is -0.338. The molecule has 0 spiro atoms. The van der Waals surface area contributed by atoms with Crippen molar-refractivity contribution in [1.82, 2.24) is 0 Å². The molecule has 0 rings (SSSR count). The molecule has 372 valence electrons. The third kappa shape index (κ3) is 206. The van der Waals surface area contributed by atoms with E-state index in [2.05, 4.69) is 47.4 Å². The molecule has 0 unspecified atom stereocenters. The topological polar surface area (TPSA) is 283 Å². The van der Waals surface area contributed by atoms with Crippen molar-refractivity contribution < 1.29 is 100 Å². The van der Waals surface area contributed by atoms with E-state index in [1.807, 2.05) is 0 Å². The number of ether oxygens (including phenoxy) is 10. The Morgan fingerprint density at radius 2 is 0.371 bits per heavy atom. The molecule has 0 aliphatic heterocycles. The highest BCUT2D eigenvalue weighted by molar-refractivity contribution is 5.69. The molecule has 21 nitrogen and oxygen atoms in total. The average molecular weight is 911 g/mol. The summed E-state index contributed by atoms with van der Waals surface area (Å²) in [6.45, 7) is 34.9. The molecule has 0 aromatic heterocycles. The van der Waals surface area contributed by atoms with Crippen LogP contribution in [0.25, 0.3) is 0 Å². The second kappa shape index (κ2) is 76.4. The van der Waals surface area contributed by atoms with Crippen molar-refractivity contribution in [3.8, 4) is 0 Å². The second-order valence-corrected chi connectivity index (χ2v) is 9.60. The first-order chi connectivity index (χ1) is 28.7. The fraction of sp³-hybridized carbons (Fsp3) is 0.756. The zero-order valence-corrected chi connectivity index (χ0v) is 41.1. The van der Waals surface area contributed by atoms with Gasteiger partial charge in [-0.25, -0.2) is 0 Å². The fourth-order valence-corrected chi connectivity index (χ4v) is 2.15. The van der Waals surface area contributed by atoms with Gasteiger partial charge in [0.25, 0.3) is 0 Å². The Morgan fingerprint density at radius 3 is 0.419 bits per heavy atom. The summed E-state index contributed by atoms with van der Waals surface area (Å²) < 4.78 is 44.1. The van der Waals surface area contributed by atoms with E-state index < -0.39 is 0 Å². The minimum absolute atomic E-state index is 0.105. The molecule has 0 amide bonds. The summed E-state index contributed by atoms with van der Waals surface area (Å²) in [5.41, 5.74) is 0. The highest BCUT2D eigenvalue weighted by atomic mass is 16.6. The van der Waals surface area contributed by atoms with Gasteiger partial charge in [0.05, 0.1) is 79.1 Å². The molecule has 21 heteroatoms. The van der Waals surface area contributed by atoms with Gasteiger partial charge in [-0.1, -0.05) is 0 Å². The van der Waals surface area contributed by atoms with Crippen molar-refractivity contribution in [2.24, 2.45) is 0 Å². The van der Waals surface area contributed by atoms with Gasteiger partial charge in [0.15, 0.2) is 0 Å². The Labute approximate surface area is 370 Å². The summed E-state index contributed by atoms with van der Waals surface area (Å²) in [7, 11) is 0. The van der Waals surface area contributed by atoms with E-state index in [1.54, 1.807) is 69.2 Å². The Kier molecular flexibility index (Phi) is 99.3. The average Bonchev–Trinajstić information content (AvgIpc) is 3.10. The van der Waals surface area contributed by atoms with Gasteiger partial charge < -0.3 is 52.5 Å². The summed E-state index contributed by atoms with van der Waals surface area (Å²) in [5, 5.41) is 8.16. The van der Waals surface area contributed by atoms with Crippen molar-refractivity contribution in [3.63, 3.8) is 0 Å². The van der Waals surface area contributed by atoms with E-state index >= 15 is 0 Å². The molecule has 0 atom stereocenters. The Morgan fingerprint density at radius 1 is 0.258 bits per heavy atom. The standard InChI is InChI=1S/C5H10O3.9C4H8O2/c1-2-8-5(7)3-4-6;9*1-3-6-4(2)5/h6H,2-4H2,1H3;9*3H2,1-2H3. The SMILES string of the molecule is CCOC(=O)CCO.CCOC(C)=O.CCOC(C)=O.CCOC(C)=O.CCOC(C)=O.CCOC(C)=O.CCOC(C)=O.CCOC(C)=O.CCOC(C)=O.CCOC(C)=O. The zero-order chi connectivity index (χ0) is 51.3. The van der Waals surface area contributed by atoms with Gasteiger partial charge in [0.1, 0.15) is 0 Å². The van der Waals surface area contributed by atoms with Crippen LogP contribution >= 0.6 is 0 Å². The normalized spacial score (nSPS) is 7.81. The first kappa shape index (κ1) is 80.6. The molecule has 0 aliphatic rings. The maximum atomic E-state index is 10.3. The van der Waals surface area contributed by atoms with Crippen molar-refractivity contribution in [3.05, 3.63) is 0 Å². The number of rotatable bonds is 12. The molecule has 0 radical (unpaired) electrons. The molecule has 0 aromatic carbocycles. The van der Waals surface area contributed by atoms with Crippen LogP contribution in [0.4, 0.5) is 0 Å². The van der Waals surface area contributed by atoms with Gasteiger partial charge in [-0.2, -0.15) is 0 Å². The van der Waals surface area contributed by atoms with E-state index in [-0.39, 0.29) is 72.7 Å². The molecule has 0 saturated heterocycles. The highest BCUT2D eigenvalue weighted by Gasteiger charge is 1.96. The van der Waals surface area contributed by atoms with Gasteiger partial charge in [0.2, 0.25) is 0 Å². The van der Waals surface area contributed by atoms with Crippen LogP contribution in [0.5, 0.6) is 0 Å². The third-order valence-corrected chi connectivity index (χ3v) is 3.75. The van der Waals surface area contributed by atoms with E-state index in [9.17, 15) is 47.9 Å². The van der Waals surface area contributed by atoms with Crippen LogP contribution in [0, 0.1) is 0 Å². The summed E-state index contributed by atoms with van der Waals surface area (Å²) >= 11 is 0. The van der Waals surface area contributed by atoms with Crippen molar-refractivity contribution in [2.75, 3.05) is 72.7 Å². The first-order valence-corrected chi connectivity index (χ1v) is 19.7. The number of aliphatic hydroxyl groups is 1. The monoisotopic (exact) mass is 911 g/mol. The molecule has 0 aliphatic carbocycles. The quantitative estimate of drug-likeness (QED) is 0.198. The molecule has 0 aromatic rings. The number of hydrogen-bond donors (Lipinski definition) is 1. The number of aliphatic hydroxyl groups excluding tert-OH is 1. The Balaban J connectivity index is -0.0000000607. The maximum absolute atomic E-state index is 10.3. The molecular formula is C41H82O21. The van der Waals surface area contributed by atoms with E-state index in [0.29, 0.717) is 66.1 Å². The number of carbonyl (C=O) groups excluding carboxylic acids is 10. The first-order valence-electron chi connectivity index (χ1n) is 19.7. The summed E-state index contributed by atoms with van der Waals surface area (Å²) in [6, 6.07) is 0. The minimum Gasteiger partial charge on any atom is -0.466 e. The molecule has 62 heavy (non-hydrogen) atoms. The van der Waals surface area contributed by atoms with E-state index in [0.717, 1.165) is 0 Å². The zero-order valence-electron chi connectivity index (χ0n) is 41.1. The van der Waals surface area contributed by atoms with Gasteiger partial charge in [-0.05, 0) is 69.2 Å². The lowest BCUT2D eigenvalue weighted by Gasteiger charge is -1.96. The van der Waals surface area contributed by atoms with Crippen LogP contribution in [-0.2, 0) is 95.3 Å². The van der Waals surface area contributed by atoms with Crippen LogP contribution in [0.2, 0.25) is 0 Å². The predicted molar refractivity (Wildman–Crippen MR) is 229 cm³/mol. The van der Waals surface area contributed by atoms with Crippen LogP contribution in [0.15, 0.2) is 0 Å². The van der Waals surface area contributed by atoms with Gasteiger partial charge in [-0.15, -0.1) is 0 Å². The van der Waals surface area contributed by atoms with Gasteiger partial charge in [0, 0.05) is 62.3 Å². The Hall–Kier alpha value is -5.34. The second-order valence-electron chi connectivity index (χ2n) is 9.60. The molecule has 1 N–H and O–H groups in total. The van der Waals surface area contributed by atoms with Crippen molar-refractivity contribution in [2.45, 2.75) is 138 Å². The number of carbonyl (C=O) groups is 10. The van der Waals surface area contributed by atoms with Crippen LogP contribution in [0.1, 0.15) is 138 Å². The van der Waals surface area contributed by atoms with Crippen LogP contribution in [0.3, 0.4) is 0 Å². The van der Waals surface area contributed by atoms with Gasteiger partial charge in [-0.3, -0.25) is 47.9 Å². The fourth-order valence-electron chi connectivity index (χ4n) is 2.15. The maximum Gasteiger partial charge on any atom is 0.308 e. The molecule has 0 saturated carbocycles. The van der Waals surface area contributed by atoms with Crippen molar-refractivity contribution >= 4 is 59.7 Å². The lowest BCUT2D eigenvalue weighted by molar-refractivity contribution is -0.144. The molecule has 0 heterocycles. The highest BCUT2D eigenvalue weighted by Crippen LogP contribution is 1.82. The van der Waals surface area contributed by atoms with Crippen molar-refractivity contribution in [1.29, 1.82) is 0 Å². The summed E-state index contributed by atoms with van der Waals surface area (Å²) in [5.74, 6) is -2.23.